The molecule has 0 radical (unpaired) electrons. The van der Waals surface area contributed by atoms with Crippen LogP contribution in [-0.4, -0.2) is 4.57 Å². The highest BCUT2D eigenvalue weighted by molar-refractivity contribution is 5.86. The zero-order chi connectivity index (χ0) is 11.1. The number of fused-ring (bicyclic) bond motifs is 1. The van der Waals surface area contributed by atoms with Gasteiger partial charge in [0.1, 0.15) is 0 Å². The van der Waals surface area contributed by atoms with Crippen LogP contribution >= 0.6 is 0 Å². The first-order valence-electron chi connectivity index (χ1n) is 5.31. The fraction of sp³-hybridized carbons (Fsp3) is 0.154. The number of aryl methyl sites for hydroxylation is 2. The van der Waals surface area contributed by atoms with Gasteiger partial charge in [0.05, 0.1) is 19.6 Å². The van der Waals surface area contributed by atoms with Gasteiger partial charge in [0.15, 0.2) is 0 Å². The smallest absolute Gasteiger partial charge is 0.0823 e. The third kappa shape index (κ3) is 1.25. The van der Waals surface area contributed by atoms with E-state index in [9.17, 15) is 0 Å². The first kappa shape index (κ1) is 9.21. The van der Waals surface area contributed by atoms with Crippen molar-refractivity contribution in [1.82, 2.24) is 9.55 Å². The van der Waals surface area contributed by atoms with Crippen molar-refractivity contribution in [1.29, 1.82) is 0 Å². The molecule has 2 aromatic heterocycles. The van der Waals surface area contributed by atoms with E-state index in [0.717, 1.165) is 11.3 Å². The molecule has 0 amide bonds. The molecule has 0 saturated heterocycles. The topological polar surface area (TPSA) is 22.9 Å². The van der Waals surface area contributed by atoms with Gasteiger partial charge >= 0.3 is 0 Å². The second-order valence-electron chi connectivity index (χ2n) is 4.06. The normalized spacial score (nSPS) is 11.1. The van der Waals surface area contributed by atoms with E-state index in [-0.39, 0.29) is 0 Å². The summed E-state index contributed by atoms with van der Waals surface area (Å²) in [6.07, 6.45) is 6.06. The molecule has 0 N–H and O–H groups in total. The van der Waals surface area contributed by atoms with E-state index >= 15 is 0 Å². The first-order chi connectivity index (χ1) is 7.75. The molecule has 0 atom stereocenters. The summed E-state index contributed by atoms with van der Waals surface area (Å²) in [5, 5.41) is 1.23. The van der Waals surface area contributed by atoms with Gasteiger partial charge in [-0.05, 0) is 35.4 Å². The van der Waals surface area contributed by atoms with Crippen molar-refractivity contribution >= 4 is 10.9 Å². The van der Waals surface area contributed by atoms with Crippen LogP contribution in [0, 0.1) is 6.92 Å². The largest absolute Gasteiger partial charge is 0.435 e. The van der Waals surface area contributed by atoms with E-state index in [1.165, 1.54) is 10.9 Å². The summed E-state index contributed by atoms with van der Waals surface area (Å²) in [5.41, 5.74) is 2.29. The lowest BCUT2D eigenvalue weighted by Gasteiger charge is -2.09. The van der Waals surface area contributed by atoms with Crippen LogP contribution in [0.1, 0.15) is 5.56 Å². The highest BCUT2D eigenvalue weighted by Crippen LogP contribution is 2.22. The van der Waals surface area contributed by atoms with Crippen LogP contribution < -0.4 is 9.55 Å². The second kappa shape index (κ2) is 3.23. The summed E-state index contributed by atoms with van der Waals surface area (Å²) in [6.45, 7) is 2.12. The van der Waals surface area contributed by atoms with Crippen LogP contribution in [0.2, 0.25) is 0 Å². The molecule has 16 heavy (non-hydrogen) atoms. The van der Waals surface area contributed by atoms with E-state index in [0.29, 0.717) is 0 Å². The van der Waals surface area contributed by atoms with Gasteiger partial charge in [-0.1, -0.05) is 24.3 Å². The Hall–Kier alpha value is -2.03. The first-order valence-corrected chi connectivity index (χ1v) is 5.31. The lowest BCUT2D eigenvalue weighted by Crippen LogP contribution is -2.23. The fourth-order valence-electron chi connectivity index (χ4n) is 2.03. The number of benzene rings is 1. The molecule has 0 bridgehead atoms. The molecule has 3 aromatic rings. The van der Waals surface area contributed by atoms with Crippen LogP contribution in [0.15, 0.2) is 43.0 Å². The molecule has 2 heterocycles. The van der Waals surface area contributed by atoms with Gasteiger partial charge in [-0.15, -0.1) is 0 Å². The van der Waals surface area contributed by atoms with E-state index in [1.54, 1.807) is 0 Å². The Morgan fingerprint density at radius 3 is 2.75 bits per heavy atom. The van der Waals surface area contributed by atoms with E-state index in [4.69, 9.17) is 0 Å². The van der Waals surface area contributed by atoms with Crippen molar-refractivity contribution in [2.24, 2.45) is 7.05 Å². The van der Waals surface area contributed by atoms with Gasteiger partial charge in [0.25, 0.3) is 0 Å². The molecule has 0 aliphatic rings. The third-order valence-corrected chi connectivity index (χ3v) is 2.88. The summed E-state index contributed by atoms with van der Waals surface area (Å²) in [4.78, 5) is 4.65. The van der Waals surface area contributed by atoms with Crippen LogP contribution in [0.25, 0.3) is 16.7 Å². The number of rotatable bonds is 1. The monoisotopic (exact) mass is 211 g/mol. The standard InChI is InChI=1S/C13H13N3/c1-10-11-5-3-4-6-12(11)14-13(10)16-8-7-15(2)9-16/h3-9H,1-2H3. The van der Waals surface area contributed by atoms with E-state index < -0.39 is 0 Å². The van der Waals surface area contributed by atoms with Crippen molar-refractivity contribution in [3.8, 4) is 5.82 Å². The van der Waals surface area contributed by atoms with Crippen LogP contribution in [0.4, 0.5) is 0 Å². The highest BCUT2D eigenvalue weighted by atomic mass is 15.1. The third-order valence-electron chi connectivity index (χ3n) is 2.88. The lowest BCUT2D eigenvalue weighted by atomic mass is 10.2. The summed E-state index contributed by atoms with van der Waals surface area (Å²) in [6, 6.07) is 8.24. The number of para-hydroxylation sites is 1. The Morgan fingerprint density at radius 2 is 2.06 bits per heavy atom. The predicted octanol–water partition coefficient (Wildman–Crippen LogP) is 1.72. The summed E-state index contributed by atoms with van der Waals surface area (Å²) < 4.78 is 4.06. The summed E-state index contributed by atoms with van der Waals surface area (Å²) in [7, 11) is 2.01. The fourth-order valence-corrected chi connectivity index (χ4v) is 2.03. The zero-order valence-electron chi connectivity index (χ0n) is 9.38. The van der Waals surface area contributed by atoms with Gasteiger partial charge < -0.3 is 9.55 Å². The molecule has 3 rings (SSSR count). The average Bonchev–Trinajstić information content (AvgIpc) is 2.84. The number of imidazole rings is 1. The minimum Gasteiger partial charge on any atom is -0.435 e. The predicted molar refractivity (Wildman–Crippen MR) is 62.5 cm³/mol. The van der Waals surface area contributed by atoms with Crippen LogP contribution in [0.3, 0.4) is 0 Å². The minimum absolute atomic E-state index is 1.02. The number of aromatic nitrogens is 3. The van der Waals surface area contributed by atoms with Gasteiger partial charge in [-0.2, -0.15) is 0 Å². The molecule has 0 unspecified atom stereocenters. The maximum Gasteiger partial charge on any atom is 0.0823 e. The Labute approximate surface area is 94.0 Å². The summed E-state index contributed by atoms with van der Waals surface area (Å²) >= 11 is 0. The van der Waals surface area contributed by atoms with E-state index in [1.807, 2.05) is 36.4 Å². The Balaban J connectivity index is 2.28. The quantitative estimate of drug-likeness (QED) is 0.562. The molecule has 0 fully saturated rings. The molecule has 0 aliphatic carbocycles. The summed E-state index contributed by atoms with van der Waals surface area (Å²) in [5.74, 6) is 1.02. The van der Waals surface area contributed by atoms with Gasteiger partial charge in [-0.3, -0.25) is 4.57 Å². The van der Waals surface area contributed by atoms with Crippen molar-refractivity contribution in [2.45, 2.75) is 6.92 Å². The molecule has 80 valence electrons. The van der Waals surface area contributed by atoms with Gasteiger partial charge in [0, 0.05) is 0 Å². The Bertz CT molecular complexity index is 646. The molecule has 3 heteroatoms. The number of hydrogen-bond acceptors (Lipinski definition) is 0. The maximum absolute atomic E-state index is 4.65. The zero-order valence-corrected chi connectivity index (χ0v) is 9.38. The van der Waals surface area contributed by atoms with Crippen molar-refractivity contribution in [3.63, 3.8) is 0 Å². The van der Waals surface area contributed by atoms with Crippen LogP contribution in [-0.2, 0) is 7.05 Å². The Kier molecular flexibility index (Phi) is 1.86. The molecule has 0 spiro atoms. The average molecular weight is 211 g/mol. The molecular formula is C13H13N3. The van der Waals surface area contributed by atoms with Gasteiger partial charge in [-0.25, -0.2) is 0 Å². The minimum atomic E-state index is 1.02. The molecular weight excluding hydrogens is 198 g/mol. The Morgan fingerprint density at radius 1 is 1.25 bits per heavy atom. The highest BCUT2D eigenvalue weighted by Gasteiger charge is 2.01. The maximum atomic E-state index is 4.65. The molecule has 0 aliphatic heterocycles. The van der Waals surface area contributed by atoms with Crippen molar-refractivity contribution < 1.29 is 4.57 Å². The molecule has 0 saturated carbocycles. The van der Waals surface area contributed by atoms with E-state index in [2.05, 4.69) is 34.7 Å². The molecule has 1 aromatic carbocycles. The van der Waals surface area contributed by atoms with Crippen molar-refractivity contribution in [3.05, 3.63) is 48.5 Å². The van der Waals surface area contributed by atoms with Gasteiger partial charge in [0.2, 0.25) is 0 Å². The second-order valence-corrected chi connectivity index (χ2v) is 4.06. The van der Waals surface area contributed by atoms with Crippen molar-refractivity contribution in [2.75, 3.05) is 0 Å². The number of hydrogen-bond donors (Lipinski definition) is 0. The lowest BCUT2D eigenvalue weighted by molar-refractivity contribution is -0.670. The SMILES string of the molecule is Cc1c(-n2cc[n+](C)c2)[n-]c2ccccc12. The number of nitrogens with zero attached hydrogens (tertiary/aromatic N) is 3. The molecule has 3 nitrogen and oxygen atoms in total. The van der Waals surface area contributed by atoms with Crippen LogP contribution in [0.5, 0.6) is 0 Å².